The first-order valence-electron chi connectivity index (χ1n) is 10.5. The summed E-state index contributed by atoms with van der Waals surface area (Å²) < 4.78 is 9.92. The first-order valence-corrected chi connectivity index (χ1v) is 12.3. The number of hydrogen-bond donors (Lipinski definition) is 1. The van der Waals surface area contributed by atoms with Crippen molar-refractivity contribution in [1.29, 1.82) is 0 Å². The maximum Gasteiger partial charge on any atom is 0.272 e. The molecular formula is C22H23N5O3S2. The van der Waals surface area contributed by atoms with Crippen molar-refractivity contribution in [2.75, 3.05) is 17.7 Å². The number of anilines is 1. The average molecular weight is 470 g/mol. The van der Waals surface area contributed by atoms with Gasteiger partial charge in [0.05, 0.1) is 23.9 Å². The zero-order valence-electron chi connectivity index (χ0n) is 17.8. The molecule has 1 aliphatic heterocycles. The van der Waals surface area contributed by atoms with Crippen LogP contribution in [0.15, 0.2) is 39.6 Å². The Bertz CT molecular complexity index is 1370. The summed E-state index contributed by atoms with van der Waals surface area (Å²) in [5, 5.41) is 14.1. The molecule has 0 radical (unpaired) electrons. The topological polar surface area (TPSA) is 90.5 Å². The van der Waals surface area contributed by atoms with Crippen molar-refractivity contribution in [2.24, 2.45) is 0 Å². The molecule has 1 amide bonds. The molecule has 4 aromatic rings. The van der Waals surface area contributed by atoms with E-state index in [1.165, 1.54) is 23.1 Å². The minimum atomic E-state index is -0.118. The Morgan fingerprint density at radius 3 is 2.97 bits per heavy atom. The average Bonchev–Trinajstić information content (AvgIpc) is 3.52. The molecule has 1 atom stereocenters. The Morgan fingerprint density at radius 2 is 2.19 bits per heavy atom. The van der Waals surface area contributed by atoms with Crippen LogP contribution in [0.5, 0.6) is 0 Å². The van der Waals surface area contributed by atoms with Crippen molar-refractivity contribution in [3.8, 4) is 0 Å². The van der Waals surface area contributed by atoms with E-state index in [2.05, 4.69) is 15.5 Å². The molecule has 166 valence electrons. The van der Waals surface area contributed by atoms with Gasteiger partial charge in [-0.3, -0.25) is 18.6 Å². The second kappa shape index (κ2) is 8.68. The van der Waals surface area contributed by atoms with Gasteiger partial charge in [0.15, 0.2) is 5.16 Å². The zero-order chi connectivity index (χ0) is 22.2. The molecule has 5 rings (SSSR count). The second-order valence-corrected chi connectivity index (χ2v) is 9.82. The molecule has 1 N–H and O–H groups in total. The molecule has 1 aliphatic rings. The van der Waals surface area contributed by atoms with Crippen molar-refractivity contribution in [2.45, 2.75) is 44.5 Å². The summed E-state index contributed by atoms with van der Waals surface area (Å²) in [6, 6.07) is 7.82. The first-order chi connectivity index (χ1) is 15.5. The van der Waals surface area contributed by atoms with Crippen molar-refractivity contribution in [3.63, 3.8) is 0 Å². The molecule has 8 nitrogen and oxygen atoms in total. The van der Waals surface area contributed by atoms with Crippen LogP contribution in [-0.4, -0.2) is 43.5 Å². The Hall–Kier alpha value is -2.69. The summed E-state index contributed by atoms with van der Waals surface area (Å²) in [6.45, 7) is 5.17. The molecule has 0 aliphatic carbocycles. The third-order valence-corrected chi connectivity index (χ3v) is 7.40. The molecule has 0 saturated carbocycles. The number of rotatable bonds is 6. The van der Waals surface area contributed by atoms with Gasteiger partial charge in [0, 0.05) is 12.3 Å². The maximum atomic E-state index is 13.1. The summed E-state index contributed by atoms with van der Waals surface area (Å²) in [6.07, 6.45) is 1.93. The van der Waals surface area contributed by atoms with Gasteiger partial charge in [0.1, 0.15) is 4.70 Å². The predicted octanol–water partition coefficient (Wildman–Crippen LogP) is 3.63. The number of nitrogens with zero attached hydrogens (tertiary/aromatic N) is 4. The number of carbonyl (C=O) groups is 1. The van der Waals surface area contributed by atoms with Crippen LogP contribution < -0.4 is 10.9 Å². The summed E-state index contributed by atoms with van der Waals surface area (Å²) in [7, 11) is 0. The standard InChI is InChI=1S/C22H23N5O3S2/c1-13-5-6-16(14(2)10-13)23-18(28)12-32-22-25-24-21-26(11-15-4-3-8-30-15)20(29)19-17(27(21)22)7-9-31-19/h5-7,9-10,15H,3-4,8,11-12H2,1-2H3,(H,23,28)/t15-/m1/s1. The van der Waals surface area contributed by atoms with Gasteiger partial charge in [-0.05, 0) is 49.8 Å². The third kappa shape index (κ3) is 3.94. The quantitative estimate of drug-likeness (QED) is 0.434. The lowest BCUT2D eigenvalue weighted by molar-refractivity contribution is -0.113. The minimum absolute atomic E-state index is 0.00485. The third-order valence-electron chi connectivity index (χ3n) is 5.58. The van der Waals surface area contributed by atoms with E-state index < -0.39 is 0 Å². The van der Waals surface area contributed by atoms with Crippen molar-refractivity contribution >= 4 is 50.7 Å². The zero-order valence-corrected chi connectivity index (χ0v) is 19.5. The highest BCUT2D eigenvalue weighted by molar-refractivity contribution is 7.99. The lowest BCUT2D eigenvalue weighted by Crippen LogP contribution is -2.28. The molecule has 0 bridgehead atoms. The SMILES string of the molecule is Cc1ccc(NC(=O)CSc2nnc3n(C[C@H]4CCCO4)c(=O)c4sccc4n23)c(C)c1. The fourth-order valence-electron chi connectivity index (χ4n) is 4.02. The molecule has 4 heterocycles. The van der Waals surface area contributed by atoms with Crippen LogP contribution in [0.1, 0.15) is 24.0 Å². The van der Waals surface area contributed by atoms with E-state index in [-0.39, 0.29) is 23.3 Å². The summed E-state index contributed by atoms with van der Waals surface area (Å²) >= 11 is 2.71. The smallest absolute Gasteiger partial charge is 0.272 e. The van der Waals surface area contributed by atoms with E-state index in [0.717, 1.165) is 41.8 Å². The van der Waals surface area contributed by atoms with Crippen molar-refractivity contribution in [1.82, 2.24) is 19.2 Å². The van der Waals surface area contributed by atoms with Gasteiger partial charge in [0.2, 0.25) is 11.7 Å². The second-order valence-electron chi connectivity index (χ2n) is 7.96. The molecule has 0 unspecified atom stereocenters. The number of fused-ring (bicyclic) bond motifs is 3. The van der Waals surface area contributed by atoms with Crippen LogP contribution in [-0.2, 0) is 16.1 Å². The number of aromatic nitrogens is 4. The van der Waals surface area contributed by atoms with E-state index in [1.807, 2.05) is 47.9 Å². The van der Waals surface area contributed by atoms with E-state index in [0.29, 0.717) is 22.2 Å². The van der Waals surface area contributed by atoms with Gasteiger partial charge in [-0.2, -0.15) is 0 Å². The number of ether oxygens (including phenoxy) is 1. The Labute approximate surface area is 192 Å². The number of carbonyl (C=O) groups excluding carboxylic acids is 1. The summed E-state index contributed by atoms with van der Waals surface area (Å²) in [5.74, 6) is 0.548. The van der Waals surface area contributed by atoms with Crippen LogP contribution in [0.4, 0.5) is 5.69 Å². The number of thioether (sulfide) groups is 1. The number of aryl methyl sites for hydroxylation is 2. The fraction of sp³-hybridized carbons (Fsp3) is 0.364. The van der Waals surface area contributed by atoms with Crippen molar-refractivity contribution in [3.05, 3.63) is 51.1 Å². The van der Waals surface area contributed by atoms with Crippen molar-refractivity contribution < 1.29 is 9.53 Å². The Kier molecular flexibility index (Phi) is 5.75. The Morgan fingerprint density at radius 1 is 1.31 bits per heavy atom. The monoisotopic (exact) mass is 469 g/mol. The van der Waals surface area contributed by atoms with Crippen LogP contribution in [0.3, 0.4) is 0 Å². The first kappa shape index (κ1) is 21.2. The minimum Gasteiger partial charge on any atom is -0.376 e. The summed E-state index contributed by atoms with van der Waals surface area (Å²) in [4.78, 5) is 25.7. The molecule has 3 aromatic heterocycles. The largest absolute Gasteiger partial charge is 0.376 e. The Balaban J connectivity index is 1.42. The number of benzene rings is 1. The van der Waals surface area contributed by atoms with Crippen LogP contribution in [0.25, 0.3) is 16.0 Å². The highest BCUT2D eigenvalue weighted by Crippen LogP contribution is 2.25. The maximum absolute atomic E-state index is 13.1. The van der Waals surface area contributed by atoms with Crippen LogP contribution >= 0.6 is 23.1 Å². The van der Waals surface area contributed by atoms with E-state index in [4.69, 9.17) is 4.74 Å². The van der Waals surface area contributed by atoms with Gasteiger partial charge in [-0.1, -0.05) is 29.5 Å². The van der Waals surface area contributed by atoms with E-state index in [9.17, 15) is 9.59 Å². The molecular weight excluding hydrogens is 446 g/mol. The lowest BCUT2D eigenvalue weighted by atomic mass is 10.1. The van der Waals surface area contributed by atoms with Gasteiger partial charge >= 0.3 is 0 Å². The van der Waals surface area contributed by atoms with Crippen LogP contribution in [0.2, 0.25) is 0 Å². The molecule has 10 heteroatoms. The highest BCUT2D eigenvalue weighted by atomic mass is 32.2. The van der Waals surface area contributed by atoms with E-state index >= 15 is 0 Å². The van der Waals surface area contributed by atoms with Gasteiger partial charge < -0.3 is 10.1 Å². The number of hydrogen-bond acceptors (Lipinski definition) is 7. The van der Waals surface area contributed by atoms with Crippen LogP contribution in [0, 0.1) is 13.8 Å². The molecule has 1 fully saturated rings. The van der Waals surface area contributed by atoms with E-state index in [1.54, 1.807) is 4.57 Å². The molecule has 0 spiro atoms. The van der Waals surface area contributed by atoms with Gasteiger partial charge in [-0.15, -0.1) is 21.5 Å². The van der Waals surface area contributed by atoms with Gasteiger partial charge in [-0.25, -0.2) is 0 Å². The lowest BCUT2D eigenvalue weighted by Gasteiger charge is -2.13. The highest BCUT2D eigenvalue weighted by Gasteiger charge is 2.23. The normalized spacial score (nSPS) is 16.2. The number of nitrogens with one attached hydrogen (secondary N) is 1. The number of amides is 1. The fourth-order valence-corrected chi connectivity index (χ4v) is 5.58. The molecule has 1 saturated heterocycles. The predicted molar refractivity (Wildman–Crippen MR) is 127 cm³/mol. The molecule has 1 aromatic carbocycles. The molecule has 32 heavy (non-hydrogen) atoms. The summed E-state index contributed by atoms with van der Waals surface area (Å²) in [5.41, 5.74) is 3.67. The van der Waals surface area contributed by atoms with Gasteiger partial charge in [0.25, 0.3) is 5.56 Å². The number of thiophene rings is 1.